The third kappa shape index (κ3) is 1.27. The molecule has 0 aliphatic carbocycles. The molecule has 15 heavy (non-hydrogen) atoms. The second-order valence-corrected chi connectivity index (χ2v) is 3.69. The Morgan fingerprint density at radius 1 is 1.47 bits per heavy atom. The lowest BCUT2D eigenvalue weighted by Crippen LogP contribution is -2.26. The summed E-state index contributed by atoms with van der Waals surface area (Å²) in [5, 5.41) is 11.0. The van der Waals surface area contributed by atoms with E-state index in [0.29, 0.717) is 11.1 Å². The normalized spacial score (nSPS) is 10.9. The predicted molar refractivity (Wildman–Crippen MR) is 55.5 cm³/mol. The fraction of sp³-hybridized carbons (Fsp3) is 0.300. The van der Waals surface area contributed by atoms with Crippen LogP contribution >= 0.6 is 0 Å². The molecule has 0 aliphatic heterocycles. The molecule has 0 atom stereocenters. The fourth-order valence-corrected chi connectivity index (χ4v) is 1.91. The predicted octanol–water partition coefficient (Wildman–Crippen LogP) is 1.22. The van der Waals surface area contributed by atoms with Crippen LogP contribution in [0.1, 0.15) is 5.56 Å². The van der Waals surface area contributed by atoms with E-state index in [2.05, 4.69) is 0 Å². The highest BCUT2D eigenvalue weighted by Crippen LogP contribution is 2.26. The minimum absolute atomic E-state index is 0.190. The molecule has 1 heterocycles. The first-order valence-corrected chi connectivity index (χ1v) is 4.61. The molecule has 0 aliphatic rings. The maximum absolute atomic E-state index is 11.0. The topological polar surface area (TPSA) is 52.0 Å². The highest BCUT2D eigenvalue weighted by molar-refractivity contribution is 5.83. The molecule has 0 spiro atoms. The molecule has 0 unspecified atom stereocenters. The molecule has 0 saturated carbocycles. The van der Waals surface area contributed by atoms with Gasteiger partial charge in [-0.2, -0.15) is 0 Å². The Morgan fingerprint density at radius 2 is 2.13 bits per heavy atom. The molecule has 1 aromatic carbocycles. The van der Waals surface area contributed by atoms with Gasteiger partial charge in [0.05, 0.1) is 19.0 Å². The third-order valence-corrected chi connectivity index (χ3v) is 2.59. The molecule has 2 rings (SSSR count). The van der Waals surface area contributed by atoms with Gasteiger partial charge in [-0.05, 0) is 19.1 Å². The second-order valence-electron chi connectivity index (χ2n) is 3.69. The number of hydrogen-bond donors (Lipinski definition) is 0. The summed E-state index contributed by atoms with van der Waals surface area (Å²) in [7, 11) is 3.69. The van der Waals surface area contributed by atoms with Crippen molar-refractivity contribution in [3.8, 4) is 0 Å². The minimum Gasteiger partial charge on any atom is -0.258 e. The Kier molecular flexibility index (Phi) is 1.96. The van der Waals surface area contributed by atoms with Gasteiger partial charge in [-0.15, -0.1) is 0 Å². The van der Waals surface area contributed by atoms with Gasteiger partial charge in [0.15, 0.2) is 5.52 Å². The van der Waals surface area contributed by atoms with E-state index in [1.165, 1.54) is 0 Å². The number of hydrogen-bond acceptors (Lipinski definition) is 2. The number of nitrogens with zero attached hydrogens (tertiary/aromatic N) is 3. The number of imidazole rings is 1. The third-order valence-electron chi connectivity index (χ3n) is 2.59. The number of rotatable bonds is 1. The van der Waals surface area contributed by atoms with E-state index < -0.39 is 0 Å². The molecule has 5 heteroatoms. The molecular weight excluding hydrogens is 194 g/mol. The average Bonchev–Trinajstić information content (AvgIpc) is 2.41. The summed E-state index contributed by atoms with van der Waals surface area (Å²) in [6.45, 7) is 1.75. The van der Waals surface area contributed by atoms with Crippen LogP contribution < -0.4 is 4.57 Å². The summed E-state index contributed by atoms with van der Waals surface area (Å²) in [6, 6.07) is 3.68. The van der Waals surface area contributed by atoms with Gasteiger partial charge in [-0.1, -0.05) is 0 Å². The van der Waals surface area contributed by atoms with Gasteiger partial charge < -0.3 is 0 Å². The van der Waals surface area contributed by atoms with Crippen molar-refractivity contribution in [3.63, 3.8) is 0 Å². The number of nitro benzene ring substituents is 1. The summed E-state index contributed by atoms with van der Waals surface area (Å²) in [4.78, 5) is 10.7. The largest absolute Gasteiger partial charge is 0.322 e. The molecular formula is C10H12N3O2+. The van der Waals surface area contributed by atoms with Crippen molar-refractivity contribution in [1.82, 2.24) is 4.57 Å². The van der Waals surface area contributed by atoms with Crippen LogP contribution in [-0.2, 0) is 14.1 Å². The minimum atomic E-state index is -0.322. The lowest BCUT2D eigenvalue weighted by molar-refractivity contribution is -0.647. The molecule has 1 aromatic heterocycles. The molecule has 0 radical (unpaired) electrons. The summed E-state index contributed by atoms with van der Waals surface area (Å²) in [6.07, 6.45) is 1.83. The number of aromatic nitrogens is 2. The first-order chi connectivity index (χ1) is 7.02. The highest BCUT2D eigenvalue weighted by atomic mass is 16.6. The summed E-state index contributed by atoms with van der Waals surface area (Å²) in [5.41, 5.74) is 2.42. The van der Waals surface area contributed by atoms with Crippen molar-refractivity contribution in [3.05, 3.63) is 34.1 Å². The van der Waals surface area contributed by atoms with Crippen LogP contribution in [0.25, 0.3) is 11.0 Å². The number of aryl methyl sites for hydroxylation is 3. The molecule has 0 N–H and O–H groups in total. The molecule has 0 amide bonds. The van der Waals surface area contributed by atoms with Crippen molar-refractivity contribution in [1.29, 1.82) is 0 Å². The van der Waals surface area contributed by atoms with Crippen LogP contribution in [0.15, 0.2) is 18.5 Å². The quantitative estimate of drug-likeness (QED) is 0.400. The van der Waals surface area contributed by atoms with E-state index in [9.17, 15) is 10.1 Å². The molecule has 2 aromatic rings. The maximum atomic E-state index is 11.0. The molecule has 0 bridgehead atoms. The standard InChI is InChI=1S/C10H12N3O2/c1-7-4-5-8-10(9(7)13(14)15)12(3)6-11(8)2/h4-6H,1-3H3/q+1. The van der Waals surface area contributed by atoms with Gasteiger partial charge in [0.25, 0.3) is 5.52 Å². The molecule has 0 fully saturated rings. The van der Waals surface area contributed by atoms with E-state index in [-0.39, 0.29) is 10.6 Å². The first-order valence-electron chi connectivity index (χ1n) is 4.61. The van der Waals surface area contributed by atoms with Crippen LogP contribution in [0.5, 0.6) is 0 Å². The Labute approximate surface area is 86.7 Å². The Balaban J connectivity index is 2.98. The van der Waals surface area contributed by atoms with Crippen molar-refractivity contribution in [2.75, 3.05) is 0 Å². The van der Waals surface area contributed by atoms with Gasteiger partial charge in [-0.3, -0.25) is 10.1 Å². The zero-order valence-corrected chi connectivity index (χ0v) is 8.89. The molecule has 78 valence electrons. The number of benzene rings is 1. The van der Waals surface area contributed by atoms with Crippen molar-refractivity contribution < 1.29 is 9.49 Å². The lowest BCUT2D eigenvalue weighted by Gasteiger charge is -1.96. The Bertz CT molecular complexity index is 557. The lowest BCUT2D eigenvalue weighted by atomic mass is 10.1. The second kappa shape index (κ2) is 3.05. The van der Waals surface area contributed by atoms with Crippen molar-refractivity contribution >= 4 is 16.7 Å². The van der Waals surface area contributed by atoms with E-state index in [4.69, 9.17) is 0 Å². The van der Waals surface area contributed by atoms with Gasteiger partial charge in [0.1, 0.15) is 0 Å². The molecule has 5 nitrogen and oxygen atoms in total. The first kappa shape index (κ1) is 9.64. The monoisotopic (exact) mass is 206 g/mol. The zero-order chi connectivity index (χ0) is 11.2. The Hall–Kier alpha value is -1.91. The van der Waals surface area contributed by atoms with E-state index in [0.717, 1.165) is 5.52 Å². The van der Waals surface area contributed by atoms with Crippen LogP contribution in [0.4, 0.5) is 5.69 Å². The summed E-state index contributed by atoms with van der Waals surface area (Å²) in [5.74, 6) is 0. The maximum Gasteiger partial charge on any atom is 0.322 e. The molecule has 0 saturated heterocycles. The van der Waals surface area contributed by atoms with E-state index in [1.54, 1.807) is 17.6 Å². The fourth-order valence-electron chi connectivity index (χ4n) is 1.91. The van der Waals surface area contributed by atoms with Crippen LogP contribution in [0, 0.1) is 17.0 Å². The van der Waals surface area contributed by atoms with Gasteiger partial charge >= 0.3 is 5.69 Å². The SMILES string of the molecule is Cc1ccc2c(c1[N+](=O)[O-])[n+](C)cn2C. The van der Waals surface area contributed by atoms with Gasteiger partial charge in [0.2, 0.25) is 6.33 Å². The van der Waals surface area contributed by atoms with Gasteiger partial charge in [0, 0.05) is 5.56 Å². The van der Waals surface area contributed by atoms with Crippen LogP contribution in [0.3, 0.4) is 0 Å². The van der Waals surface area contributed by atoms with Crippen molar-refractivity contribution in [2.24, 2.45) is 14.1 Å². The number of nitro groups is 1. The highest BCUT2D eigenvalue weighted by Gasteiger charge is 2.24. The van der Waals surface area contributed by atoms with Crippen molar-refractivity contribution in [2.45, 2.75) is 6.92 Å². The number of fused-ring (bicyclic) bond motifs is 1. The summed E-state index contributed by atoms with van der Waals surface area (Å²) < 4.78 is 3.66. The van der Waals surface area contributed by atoms with Crippen LogP contribution in [0.2, 0.25) is 0 Å². The van der Waals surface area contributed by atoms with Crippen LogP contribution in [-0.4, -0.2) is 9.49 Å². The zero-order valence-electron chi connectivity index (χ0n) is 8.89. The average molecular weight is 206 g/mol. The van der Waals surface area contributed by atoms with E-state index >= 15 is 0 Å². The van der Waals surface area contributed by atoms with E-state index in [1.807, 2.05) is 31.1 Å². The summed E-state index contributed by atoms with van der Waals surface area (Å²) >= 11 is 0. The smallest absolute Gasteiger partial charge is 0.258 e. The Morgan fingerprint density at radius 3 is 2.73 bits per heavy atom. The van der Waals surface area contributed by atoms with Gasteiger partial charge in [-0.25, -0.2) is 9.13 Å².